The molecule has 53 heavy (non-hydrogen) atoms. The van der Waals surface area contributed by atoms with Crippen LogP contribution in [0.1, 0.15) is 52.2 Å². The van der Waals surface area contributed by atoms with E-state index < -0.39 is 17.3 Å². The summed E-state index contributed by atoms with van der Waals surface area (Å²) in [4.78, 5) is 47.7. The second kappa shape index (κ2) is 15.0. The lowest BCUT2D eigenvalue weighted by molar-refractivity contribution is 0.102. The highest BCUT2D eigenvalue weighted by Gasteiger charge is 2.44. The fraction of sp³-hybridized carbons (Fsp3) is 0.385. The van der Waals surface area contributed by atoms with Crippen molar-refractivity contribution in [2.45, 2.75) is 44.1 Å². The number of aryl methyl sites for hydroxylation is 1. The third-order valence-electron chi connectivity index (χ3n) is 11.0. The second-order valence-electron chi connectivity index (χ2n) is 14.1. The van der Waals surface area contributed by atoms with Gasteiger partial charge in [0.05, 0.1) is 33.7 Å². The van der Waals surface area contributed by atoms with Crippen LogP contribution in [0.4, 0.5) is 14.9 Å². The molecule has 2 fully saturated rings. The third kappa shape index (κ3) is 7.04. The van der Waals surface area contributed by atoms with Crippen molar-refractivity contribution in [2.24, 2.45) is 7.05 Å². The number of methoxy groups -OCH3 is 1. The maximum Gasteiger partial charge on any atom is 0.317 e. The lowest BCUT2D eigenvalue weighted by Gasteiger charge is -2.40. The van der Waals surface area contributed by atoms with E-state index in [0.717, 1.165) is 56.4 Å². The SMILES string of the molecule is COc1nc(-c2cccc(-c3c(F)ccc(NC(=O)c4ccc(I)n(C)c4=O)c3C)c2Cl)cc2c1[C@@H](CN1CC[C@]3(CCN(CCO)C(=O)N3)C1)CC2. The van der Waals surface area contributed by atoms with E-state index in [1.807, 2.05) is 34.7 Å². The minimum atomic E-state index is -0.592. The molecule has 2 aromatic heterocycles. The number of ether oxygens (including phenoxy) is 1. The van der Waals surface area contributed by atoms with Crippen LogP contribution in [-0.4, -0.2) is 88.4 Å². The predicted molar refractivity (Wildman–Crippen MR) is 210 cm³/mol. The van der Waals surface area contributed by atoms with E-state index in [4.69, 9.17) is 21.3 Å². The number of hydrogen-bond acceptors (Lipinski definition) is 7. The number of hydrogen-bond donors (Lipinski definition) is 3. The molecule has 7 rings (SSSR count). The maximum atomic E-state index is 15.6. The van der Waals surface area contributed by atoms with Gasteiger partial charge in [-0.2, -0.15) is 0 Å². The van der Waals surface area contributed by atoms with Gasteiger partial charge in [-0.1, -0.05) is 29.8 Å². The number of halogens is 3. The Labute approximate surface area is 325 Å². The van der Waals surface area contributed by atoms with Crippen molar-refractivity contribution >= 4 is 51.8 Å². The van der Waals surface area contributed by atoms with E-state index in [-0.39, 0.29) is 35.2 Å². The molecule has 3 aliphatic rings. The highest BCUT2D eigenvalue weighted by molar-refractivity contribution is 14.1. The number of benzene rings is 2. The van der Waals surface area contributed by atoms with E-state index in [9.17, 15) is 19.5 Å². The largest absolute Gasteiger partial charge is 0.481 e. The fourth-order valence-electron chi connectivity index (χ4n) is 8.10. The Balaban J connectivity index is 1.13. The summed E-state index contributed by atoms with van der Waals surface area (Å²) in [6, 6.07) is 13.2. The normalized spacial score (nSPS) is 19.8. The fourth-order valence-corrected chi connectivity index (χ4v) is 8.82. The lowest BCUT2D eigenvalue weighted by atomic mass is 9.92. The minimum Gasteiger partial charge on any atom is -0.481 e. The molecular formula is C39H41ClFIN6O5. The van der Waals surface area contributed by atoms with Crippen LogP contribution < -0.4 is 20.9 Å². The third-order valence-corrected chi connectivity index (χ3v) is 12.5. The van der Waals surface area contributed by atoms with Gasteiger partial charge in [-0.15, -0.1) is 0 Å². The molecule has 4 heterocycles. The number of nitrogens with one attached hydrogen (secondary N) is 2. The molecule has 3 amide bonds. The first kappa shape index (κ1) is 37.3. The summed E-state index contributed by atoms with van der Waals surface area (Å²) in [7, 11) is 3.21. The summed E-state index contributed by atoms with van der Waals surface area (Å²) in [6.45, 7) is 5.12. The van der Waals surface area contributed by atoms with E-state index in [0.29, 0.717) is 55.8 Å². The first-order valence-corrected chi connectivity index (χ1v) is 19.1. The van der Waals surface area contributed by atoms with Gasteiger partial charge >= 0.3 is 6.03 Å². The molecule has 0 saturated carbocycles. The van der Waals surface area contributed by atoms with Gasteiger partial charge in [0.25, 0.3) is 11.5 Å². The molecule has 1 spiro atoms. The zero-order valence-electron chi connectivity index (χ0n) is 29.8. The molecule has 0 unspecified atom stereocenters. The number of carbonyl (C=O) groups is 2. The molecule has 11 nitrogen and oxygen atoms in total. The summed E-state index contributed by atoms with van der Waals surface area (Å²) in [6.07, 6.45) is 3.51. The molecule has 4 aromatic rings. The average molecular weight is 855 g/mol. The maximum absolute atomic E-state index is 15.6. The molecule has 2 saturated heterocycles. The molecule has 1 aliphatic carbocycles. The number of rotatable bonds is 9. The first-order chi connectivity index (χ1) is 25.4. The number of aromatic nitrogens is 2. The molecule has 3 N–H and O–H groups in total. The van der Waals surface area contributed by atoms with Gasteiger partial charge < -0.3 is 34.8 Å². The number of fused-ring (bicyclic) bond motifs is 1. The molecule has 2 atom stereocenters. The number of anilines is 1. The number of likely N-dealkylation sites (tertiary alicyclic amines) is 1. The summed E-state index contributed by atoms with van der Waals surface area (Å²) < 4.78 is 23.6. The van der Waals surface area contributed by atoms with Gasteiger partial charge in [0, 0.05) is 73.6 Å². The standard InChI is InChI=1S/C39H41ClFIN6O5/c1-22-29(43-35(50)27-9-12-31(42)46(2)37(27)51)11-10-28(41)32(22)26-6-4-5-25(34(26)40)30-19-23-7-8-24(33(23)36(44-30)53-3)20-47-15-13-39(21-47)14-16-48(17-18-49)38(52)45-39/h4-6,9-12,19,24,49H,7-8,13-18,20-21H2,1-3H3,(H,43,50)(H,45,52)/t24-,39+/m1/s1. The summed E-state index contributed by atoms with van der Waals surface area (Å²) in [5, 5.41) is 15.6. The van der Waals surface area contributed by atoms with Crippen molar-refractivity contribution < 1.29 is 23.8 Å². The van der Waals surface area contributed by atoms with Gasteiger partial charge in [0.15, 0.2) is 0 Å². The molecule has 0 bridgehead atoms. The number of carbonyl (C=O) groups excluding carboxylic acids is 2. The Morgan fingerprint density at radius 1 is 1.17 bits per heavy atom. The van der Waals surface area contributed by atoms with Crippen LogP contribution in [0.5, 0.6) is 5.88 Å². The summed E-state index contributed by atoms with van der Waals surface area (Å²) in [5.74, 6) is -0.357. The number of amides is 3. The van der Waals surface area contributed by atoms with E-state index in [1.165, 1.54) is 22.8 Å². The molecule has 14 heteroatoms. The molecule has 2 aromatic carbocycles. The first-order valence-electron chi connectivity index (χ1n) is 17.7. The van der Waals surface area contributed by atoms with Crippen molar-refractivity contribution in [3.63, 3.8) is 0 Å². The average Bonchev–Trinajstić information content (AvgIpc) is 3.73. The smallest absolute Gasteiger partial charge is 0.317 e. The zero-order valence-corrected chi connectivity index (χ0v) is 32.7. The van der Waals surface area contributed by atoms with Gasteiger partial charge in [-0.25, -0.2) is 14.2 Å². The number of urea groups is 1. The van der Waals surface area contributed by atoms with Gasteiger partial charge in [-0.05, 0) is 96.7 Å². The Kier molecular flexibility index (Phi) is 10.5. The number of nitrogens with zero attached hydrogens (tertiary/aromatic N) is 4. The molecule has 2 aliphatic heterocycles. The highest BCUT2D eigenvalue weighted by atomic mass is 127. The number of aliphatic hydroxyl groups is 1. The van der Waals surface area contributed by atoms with Gasteiger partial charge in [0.1, 0.15) is 11.4 Å². The Hall–Kier alpha value is -4.05. The van der Waals surface area contributed by atoms with E-state index >= 15 is 4.39 Å². The van der Waals surface area contributed by atoms with Gasteiger partial charge in [-0.3, -0.25) is 9.59 Å². The van der Waals surface area contributed by atoms with Crippen molar-refractivity contribution in [3.05, 3.63) is 95.7 Å². The zero-order chi connectivity index (χ0) is 37.6. The van der Waals surface area contributed by atoms with Crippen LogP contribution in [0.3, 0.4) is 0 Å². The summed E-state index contributed by atoms with van der Waals surface area (Å²) >= 11 is 9.11. The number of pyridine rings is 2. The monoisotopic (exact) mass is 854 g/mol. The predicted octanol–water partition coefficient (Wildman–Crippen LogP) is 5.96. The topological polar surface area (TPSA) is 129 Å². The van der Waals surface area contributed by atoms with Crippen LogP contribution in [0.25, 0.3) is 22.4 Å². The van der Waals surface area contributed by atoms with E-state index in [1.54, 1.807) is 44.2 Å². The Morgan fingerprint density at radius 2 is 1.94 bits per heavy atom. The lowest BCUT2D eigenvalue weighted by Crippen LogP contribution is -2.61. The molecule has 0 radical (unpaired) electrons. The van der Waals surface area contributed by atoms with Crippen molar-refractivity contribution in [2.75, 3.05) is 51.8 Å². The molecule has 278 valence electrons. The van der Waals surface area contributed by atoms with Crippen molar-refractivity contribution in [1.29, 1.82) is 0 Å². The van der Waals surface area contributed by atoms with E-state index in [2.05, 4.69) is 15.5 Å². The van der Waals surface area contributed by atoms with Crippen molar-refractivity contribution in [1.82, 2.24) is 24.7 Å². The van der Waals surface area contributed by atoms with Crippen LogP contribution in [0.2, 0.25) is 5.02 Å². The Morgan fingerprint density at radius 3 is 2.70 bits per heavy atom. The van der Waals surface area contributed by atoms with Crippen LogP contribution in [-0.2, 0) is 13.5 Å². The summed E-state index contributed by atoms with van der Waals surface area (Å²) in [5.41, 5.74) is 4.24. The van der Waals surface area contributed by atoms with Crippen LogP contribution in [0.15, 0.2) is 53.3 Å². The number of β-amino-alcohol motifs (C(OH)–C–C–N with tert-alkyl or cyclic N) is 1. The second-order valence-corrected chi connectivity index (χ2v) is 15.6. The Bertz CT molecular complexity index is 2180. The van der Waals surface area contributed by atoms with Gasteiger partial charge in [0.2, 0.25) is 5.88 Å². The molecular weight excluding hydrogens is 814 g/mol. The van der Waals surface area contributed by atoms with Crippen LogP contribution >= 0.6 is 34.2 Å². The highest BCUT2D eigenvalue weighted by Crippen LogP contribution is 2.45. The quantitative estimate of drug-likeness (QED) is 0.140. The number of aliphatic hydroxyl groups excluding tert-OH is 1. The van der Waals surface area contributed by atoms with Crippen molar-refractivity contribution in [3.8, 4) is 28.3 Å². The minimum absolute atomic E-state index is 0.0227. The van der Waals surface area contributed by atoms with Crippen LogP contribution in [0, 0.1) is 16.4 Å².